The molecule has 0 aliphatic rings. The van der Waals surface area contributed by atoms with Crippen molar-refractivity contribution in [3.8, 4) is 6.07 Å². The van der Waals surface area contributed by atoms with E-state index in [2.05, 4.69) is 25.3 Å². The number of nitrogens with two attached hydrogens (primary N) is 1. The van der Waals surface area contributed by atoms with Gasteiger partial charge in [-0.25, -0.2) is 4.98 Å². The SMILES string of the molecule is N#Cc1ccc(Nc2nc(N)nc3nc[nH]c23)cc1Cl. The van der Waals surface area contributed by atoms with Crippen LogP contribution in [0.4, 0.5) is 17.5 Å². The summed E-state index contributed by atoms with van der Waals surface area (Å²) in [6.07, 6.45) is 1.51. The fraction of sp³-hybridized carbons (Fsp3) is 0. The number of H-pyrrole nitrogens is 1. The number of aromatic nitrogens is 4. The van der Waals surface area contributed by atoms with Crippen LogP contribution in [-0.2, 0) is 0 Å². The molecule has 1 aromatic carbocycles. The predicted octanol–water partition coefficient (Wildman–Crippen LogP) is 2.20. The number of hydrogen-bond acceptors (Lipinski definition) is 6. The quantitative estimate of drug-likeness (QED) is 0.664. The molecule has 3 rings (SSSR count). The highest BCUT2D eigenvalue weighted by Gasteiger charge is 2.09. The number of rotatable bonds is 2. The molecule has 2 aromatic heterocycles. The second-order valence-corrected chi connectivity index (χ2v) is 4.37. The molecule has 0 saturated heterocycles. The van der Waals surface area contributed by atoms with E-state index in [0.29, 0.717) is 33.3 Å². The Hall–Kier alpha value is -2.85. The van der Waals surface area contributed by atoms with Crippen molar-refractivity contribution < 1.29 is 0 Å². The number of imidazole rings is 1. The fourth-order valence-electron chi connectivity index (χ4n) is 1.76. The third-order valence-electron chi connectivity index (χ3n) is 2.66. The van der Waals surface area contributed by atoms with Crippen molar-refractivity contribution in [3.63, 3.8) is 0 Å². The molecule has 0 bridgehead atoms. The van der Waals surface area contributed by atoms with E-state index in [0.717, 1.165) is 0 Å². The summed E-state index contributed by atoms with van der Waals surface area (Å²) in [6, 6.07) is 6.99. The van der Waals surface area contributed by atoms with E-state index in [4.69, 9.17) is 22.6 Å². The van der Waals surface area contributed by atoms with Gasteiger partial charge in [-0.1, -0.05) is 11.6 Å². The number of nitrogens with zero attached hydrogens (tertiary/aromatic N) is 4. The van der Waals surface area contributed by atoms with E-state index in [1.807, 2.05) is 6.07 Å². The van der Waals surface area contributed by atoms with E-state index in [1.165, 1.54) is 6.33 Å². The number of nitrogen functional groups attached to an aromatic ring is 1. The number of aromatic amines is 1. The third kappa shape index (κ3) is 2.08. The van der Waals surface area contributed by atoms with Crippen LogP contribution in [0.5, 0.6) is 0 Å². The number of fused-ring (bicyclic) bond motifs is 1. The van der Waals surface area contributed by atoms with Crippen LogP contribution in [0.2, 0.25) is 5.02 Å². The van der Waals surface area contributed by atoms with E-state index in [-0.39, 0.29) is 5.95 Å². The van der Waals surface area contributed by atoms with Crippen molar-refractivity contribution in [2.75, 3.05) is 11.1 Å². The number of benzene rings is 1. The summed E-state index contributed by atoms with van der Waals surface area (Å²) < 4.78 is 0. The summed E-state index contributed by atoms with van der Waals surface area (Å²) in [6.45, 7) is 0. The molecule has 20 heavy (non-hydrogen) atoms. The summed E-state index contributed by atoms with van der Waals surface area (Å²) >= 11 is 5.98. The summed E-state index contributed by atoms with van der Waals surface area (Å²) in [5, 5.41) is 12.3. The van der Waals surface area contributed by atoms with Gasteiger partial charge in [-0.05, 0) is 18.2 Å². The van der Waals surface area contributed by atoms with Gasteiger partial charge in [-0.2, -0.15) is 15.2 Å². The van der Waals surface area contributed by atoms with Crippen LogP contribution in [-0.4, -0.2) is 19.9 Å². The van der Waals surface area contributed by atoms with Crippen LogP contribution >= 0.6 is 11.6 Å². The fourth-order valence-corrected chi connectivity index (χ4v) is 1.98. The highest BCUT2D eigenvalue weighted by atomic mass is 35.5. The molecule has 0 aliphatic carbocycles. The molecule has 0 spiro atoms. The van der Waals surface area contributed by atoms with E-state index >= 15 is 0 Å². The van der Waals surface area contributed by atoms with Crippen LogP contribution in [0.3, 0.4) is 0 Å². The first-order valence-electron chi connectivity index (χ1n) is 5.60. The second kappa shape index (κ2) is 4.68. The zero-order valence-electron chi connectivity index (χ0n) is 10.1. The molecule has 0 atom stereocenters. The Labute approximate surface area is 118 Å². The molecule has 0 unspecified atom stereocenters. The Balaban J connectivity index is 2.03. The van der Waals surface area contributed by atoms with Gasteiger partial charge in [-0.15, -0.1) is 0 Å². The van der Waals surface area contributed by atoms with Crippen molar-refractivity contribution in [2.45, 2.75) is 0 Å². The molecular weight excluding hydrogens is 278 g/mol. The van der Waals surface area contributed by atoms with Gasteiger partial charge >= 0.3 is 0 Å². The molecule has 0 aliphatic heterocycles. The third-order valence-corrected chi connectivity index (χ3v) is 2.97. The summed E-state index contributed by atoms with van der Waals surface area (Å²) in [5.41, 5.74) is 7.83. The number of nitriles is 1. The van der Waals surface area contributed by atoms with Crippen LogP contribution in [0.15, 0.2) is 24.5 Å². The smallest absolute Gasteiger partial charge is 0.224 e. The van der Waals surface area contributed by atoms with E-state index < -0.39 is 0 Å². The molecule has 0 fully saturated rings. The Kier molecular flexibility index (Phi) is 2.85. The molecule has 0 amide bonds. The molecule has 2 heterocycles. The highest BCUT2D eigenvalue weighted by molar-refractivity contribution is 6.32. The topological polar surface area (TPSA) is 116 Å². The normalized spacial score (nSPS) is 10.4. The van der Waals surface area contributed by atoms with Gasteiger partial charge < -0.3 is 16.0 Å². The molecule has 4 N–H and O–H groups in total. The number of anilines is 3. The lowest BCUT2D eigenvalue weighted by atomic mass is 10.2. The van der Waals surface area contributed by atoms with Crippen molar-refractivity contribution in [1.82, 2.24) is 19.9 Å². The maximum Gasteiger partial charge on any atom is 0.224 e. The molecule has 98 valence electrons. The largest absolute Gasteiger partial charge is 0.368 e. The standard InChI is InChI=1S/C12H8ClN7/c13-8-3-7(2-1-6(8)4-14)18-11-9-10(17-5-16-9)19-12(15)20-11/h1-3,5H,(H4,15,16,17,18,19,20). The second-order valence-electron chi connectivity index (χ2n) is 3.96. The summed E-state index contributed by atoms with van der Waals surface area (Å²) in [5.74, 6) is 0.609. The van der Waals surface area contributed by atoms with E-state index in [1.54, 1.807) is 18.2 Å². The van der Waals surface area contributed by atoms with Gasteiger partial charge in [-0.3, -0.25) is 0 Å². The minimum absolute atomic E-state index is 0.117. The Bertz CT molecular complexity index is 833. The Morgan fingerprint density at radius 1 is 1.35 bits per heavy atom. The predicted molar refractivity (Wildman–Crippen MR) is 75.5 cm³/mol. The minimum atomic E-state index is 0.117. The van der Waals surface area contributed by atoms with Crippen molar-refractivity contribution in [2.24, 2.45) is 0 Å². The van der Waals surface area contributed by atoms with Crippen molar-refractivity contribution >= 4 is 40.2 Å². The molecule has 3 aromatic rings. The molecule has 0 radical (unpaired) electrons. The number of hydrogen-bond donors (Lipinski definition) is 3. The summed E-state index contributed by atoms with van der Waals surface area (Å²) in [4.78, 5) is 15.1. The lowest BCUT2D eigenvalue weighted by Crippen LogP contribution is -2.01. The molecular formula is C12H8ClN7. The van der Waals surface area contributed by atoms with Crippen LogP contribution in [0.25, 0.3) is 11.2 Å². The average molecular weight is 286 g/mol. The minimum Gasteiger partial charge on any atom is -0.368 e. The van der Waals surface area contributed by atoms with Crippen LogP contribution < -0.4 is 11.1 Å². The maximum atomic E-state index is 8.84. The lowest BCUT2D eigenvalue weighted by molar-refractivity contribution is 1.21. The van der Waals surface area contributed by atoms with Gasteiger partial charge in [0, 0.05) is 5.69 Å². The first-order chi connectivity index (χ1) is 9.67. The Morgan fingerprint density at radius 3 is 2.95 bits per heavy atom. The zero-order chi connectivity index (χ0) is 14.1. The molecule has 8 heteroatoms. The Morgan fingerprint density at radius 2 is 2.20 bits per heavy atom. The maximum absolute atomic E-state index is 8.84. The van der Waals surface area contributed by atoms with Gasteiger partial charge in [0.1, 0.15) is 11.6 Å². The number of halogens is 1. The number of nitrogens with one attached hydrogen (secondary N) is 2. The van der Waals surface area contributed by atoms with Crippen LogP contribution in [0, 0.1) is 11.3 Å². The molecule has 0 saturated carbocycles. The lowest BCUT2D eigenvalue weighted by Gasteiger charge is -2.07. The first kappa shape index (κ1) is 12.2. The zero-order valence-corrected chi connectivity index (χ0v) is 10.8. The van der Waals surface area contributed by atoms with Gasteiger partial charge in [0.25, 0.3) is 0 Å². The highest BCUT2D eigenvalue weighted by Crippen LogP contribution is 2.25. The van der Waals surface area contributed by atoms with Gasteiger partial charge in [0.15, 0.2) is 11.5 Å². The van der Waals surface area contributed by atoms with Gasteiger partial charge in [0.05, 0.1) is 16.9 Å². The monoisotopic (exact) mass is 285 g/mol. The van der Waals surface area contributed by atoms with Crippen molar-refractivity contribution in [3.05, 3.63) is 35.1 Å². The average Bonchev–Trinajstić information content (AvgIpc) is 2.87. The van der Waals surface area contributed by atoms with E-state index in [9.17, 15) is 0 Å². The molecule has 7 nitrogen and oxygen atoms in total. The van der Waals surface area contributed by atoms with Gasteiger partial charge in [0.2, 0.25) is 5.95 Å². The first-order valence-corrected chi connectivity index (χ1v) is 5.98. The summed E-state index contributed by atoms with van der Waals surface area (Å²) in [7, 11) is 0. The van der Waals surface area contributed by atoms with Crippen LogP contribution in [0.1, 0.15) is 5.56 Å². The van der Waals surface area contributed by atoms with Crippen molar-refractivity contribution in [1.29, 1.82) is 5.26 Å².